The van der Waals surface area contributed by atoms with Crippen LogP contribution in [0.4, 0.5) is 4.39 Å². The molecular formula is C14H16Cl2FN. The van der Waals surface area contributed by atoms with Crippen LogP contribution < -0.4 is 5.73 Å². The second-order valence-corrected chi connectivity index (χ2v) is 6.40. The summed E-state index contributed by atoms with van der Waals surface area (Å²) in [6.07, 6.45) is 4.73. The highest BCUT2D eigenvalue weighted by Gasteiger charge is 2.44. The van der Waals surface area contributed by atoms with Gasteiger partial charge in [-0.05, 0) is 55.6 Å². The van der Waals surface area contributed by atoms with Crippen molar-refractivity contribution in [2.75, 3.05) is 0 Å². The molecule has 0 saturated heterocycles. The fraction of sp³-hybridized carbons (Fsp3) is 0.571. The number of halogens is 3. The van der Waals surface area contributed by atoms with Crippen LogP contribution in [0, 0.1) is 23.6 Å². The zero-order chi connectivity index (χ0) is 12.9. The number of hydrogen-bond donors (Lipinski definition) is 1. The van der Waals surface area contributed by atoms with E-state index in [0.717, 1.165) is 24.7 Å². The Morgan fingerprint density at radius 3 is 2.67 bits per heavy atom. The predicted octanol–water partition coefficient (Wildman–Crippen LogP) is 4.57. The molecule has 98 valence electrons. The molecule has 0 amide bonds. The second-order valence-electron chi connectivity index (χ2n) is 5.61. The Balaban J connectivity index is 1.87. The zero-order valence-corrected chi connectivity index (χ0v) is 11.5. The van der Waals surface area contributed by atoms with Gasteiger partial charge >= 0.3 is 0 Å². The first-order valence-corrected chi connectivity index (χ1v) is 7.22. The molecule has 3 rings (SSSR count). The third kappa shape index (κ3) is 2.15. The summed E-state index contributed by atoms with van der Waals surface area (Å²) in [6, 6.07) is 2.50. The summed E-state index contributed by atoms with van der Waals surface area (Å²) in [5.41, 5.74) is 6.63. The summed E-state index contributed by atoms with van der Waals surface area (Å²) in [7, 11) is 0. The van der Waals surface area contributed by atoms with E-state index in [1.807, 2.05) is 0 Å². The molecule has 2 aliphatic rings. The van der Waals surface area contributed by atoms with Crippen LogP contribution in [-0.2, 0) is 0 Å². The maximum Gasteiger partial charge on any atom is 0.129 e. The lowest BCUT2D eigenvalue weighted by molar-refractivity contribution is 0.292. The van der Waals surface area contributed by atoms with Gasteiger partial charge in [-0.2, -0.15) is 0 Å². The molecule has 4 atom stereocenters. The van der Waals surface area contributed by atoms with E-state index in [1.54, 1.807) is 0 Å². The Morgan fingerprint density at radius 2 is 1.94 bits per heavy atom. The third-order valence-corrected chi connectivity index (χ3v) is 5.32. The topological polar surface area (TPSA) is 26.0 Å². The van der Waals surface area contributed by atoms with Gasteiger partial charge in [0.25, 0.3) is 0 Å². The van der Waals surface area contributed by atoms with E-state index in [2.05, 4.69) is 0 Å². The highest BCUT2D eigenvalue weighted by atomic mass is 35.5. The molecule has 2 fully saturated rings. The van der Waals surface area contributed by atoms with Crippen LogP contribution in [0.15, 0.2) is 12.1 Å². The average Bonchev–Trinajstić information content (AvgIpc) is 3.12. The van der Waals surface area contributed by atoms with Crippen molar-refractivity contribution >= 4 is 23.2 Å². The summed E-state index contributed by atoms with van der Waals surface area (Å²) < 4.78 is 13.9. The zero-order valence-electron chi connectivity index (χ0n) is 10.0. The van der Waals surface area contributed by atoms with Crippen molar-refractivity contribution in [2.24, 2.45) is 23.5 Å². The van der Waals surface area contributed by atoms with Gasteiger partial charge in [-0.25, -0.2) is 4.39 Å². The minimum absolute atomic E-state index is 0.280. The van der Waals surface area contributed by atoms with E-state index < -0.39 is 0 Å². The first-order valence-electron chi connectivity index (χ1n) is 6.47. The molecule has 0 heterocycles. The van der Waals surface area contributed by atoms with Crippen LogP contribution in [0.3, 0.4) is 0 Å². The summed E-state index contributed by atoms with van der Waals surface area (Å²) in [5, 5.41) is 0.658. The van der Waals surface area contributed by atoms with Crippen molar-refractivity contribution in [3.63, 3.8) is 0 Å². The van der Waals surface area contributed by atoms with Crippen LogP contribution in [0.2, 0.25) is 10.0 Å². The maximum atomic E-state index is 13.9. The summed E-state index contributed by atoms with van der Waals surface area (Å²) in [5.74, 6) is 1.72. The van der Waals surface area contributed by atoms with E-state index in [-0.39, 0.29) is 16.9 Å². The minimum atomic E-state index is -0.338. The fourth-order valence-electron chi connectivity index (χ4n) is 3.30. The average molecular weight is 288 g/mol. The monoisotopic (exact) mass is 287 g/mol. The third-order valence-electron chi connectivity index (χ3n) is 4.50. The van der Waals surface area contributed by atoms with Gasteiger partial charge in [-0.3, -0.25) is 0 Å². The van der Waals surface area contributed by atoms with Gasteiger partial charge in [-0.1, -0.05) is 23.2 Å². The van der Waals surface area contributed by atoms with E-state index in [0.29, 0.717) is 16.5 Å². The van der Waals surface area contributed by atoms with Crippen LogP contribution in [0.1, 0.15) is 37.3 Å². The molecule has 0 spiro atoms. The summed E-state index contributed by atoms with van der Waals surface area (Å²) >= 11 is 12.1. The normalized spacial score (nSPS) is 31.9. The Hall–Kier alpha value is -0.310. The molecule has 4 heteroatoms. The van der Waals surface area contributed by atoms with Crippen molar-refractivity contribution in [1.29, 1.82) is 0 Å². The molecule has 2 aliphatic carbocycles. The van der Waals surface area contributed by atoms with Gasteiger partial charge in [0.15, 0.2) is 0 Å². The van der Waals surface area contributed by atoms with Crippen LogP contribution in [-0.4, -0.2) is 0 Å². The van der Waals surface area contributed by atoms with Crippen LogP contribution >= 0.6 is 23.2 Å². The molecule has 2 N–H and O–H groups in total. The molecule has 0 aliphatic heterocycles. The number of nitrogens with two attached hydrogens (primary N) is 1. The van der Waals surface area contributed by atoms with E-state index in [4.69, 9.17) is 28.9 Å². The van der Waals surface area contributed by atoms with Gasteiger partial charge in [-0.15, -0.1) is 0 Å². The predicted molar refractivity (Wildman–Crippen MR) is 72.3 cm³/mol. The molecule has 3 unspecified atom stereocenters. The van der Waals surface area contributed by atoms with Crippen LogP contribution in [0.25, 0.3) is 0 Å². The SMILES string of the molecule is NC(c1c(F)ccc(Cl)c1Cl)[C@H]1CCC2CC2C1. The lowest BCUT2D eigenvalue weighted by Crippen LogP contribution is -2.25. The van der Waals surface area contributed by atoms with E-state index in [1.165, 1.54) is 25.0 Å². The molecule has 2 saturated carbocycles. The fourth-order valence-corrected chi connectivity index (χ4v) is 3.74. The Bertz CT molecular complexity index is 477. The number of rotatable bonds is 2. The van der Waals surface area contributed by atoms with E-state index in [9.17, 15) is 4.39 Å². The summed E-state index contributed by atoms with van der Waals surface area (Å²) in [6.45, 7) is 0. The molecule has 0 aromatic heterocycles. The van der Waals surface area contributed by atoms with Crippen molar-refractivity contribution in [2.45, 2.75) is 31.7 Å². The van der Waals surface area contributed by atoms with Gasteiger partial charge in [0.1, 0.15) is 5.82 Å². The van der Waals surface area contributed by atoms with Crippen molar-refractivity contribution in [3.05, 3.63) is 33.6 Å². The molecule has 1 aromatic carbocycles. The lowest BCUT2D eigenvalue weighted by atomic mass is 9.81. The number of hydrogen-bond acceptors (Lipinski definition) is 1. The molecule has 1 aromatic rings. The number of fused-ring (bicyclic) bond motifs is 1. The highest BCUT2D eigenvalue weighted by molar-refractivity contribution is 6.42. The molecule has 0 radical (unpaired) electrons. The van der Waals surface area contributed by atoms with Crippen molar-refractivity contribution < 1.29 is 4.39 Å². The Morgan fingerprint density at radius 1 is 1.17 bits per heavy atom. The quantitative estimate of drug-likeness (QED) is 0.793. The molecular weight excluding hydrogens is 272 g/mol. The van der Waals surface area contributed by atoms with Gasteiger partial charge in [0, 0.05) is 11.6 Å². The molecule has 0 bridgehead atoms. The first kappa shape index (κ1) is 12.7. The van der Waals surface area contributed by atoms with Gasteiger partial charge in [0.2, 0.25) is 0 Å². The maximum absolute atomic E-state index is 13.9. The molecule has 1 nitrogen and oxygen atoms in total. The van der Waals surface area contributed by atoms with Crippen LogP contribution in [0.5, 0.6) is 0 Å². The van der Waals surface area contributed by atoms with Gasteiger partial charge in [0.05, 0.1) is 10.0 Å². The largest absolute Gasteiger partial charge is 0.324 e. The van der Waals surface area contributed by atoms with Crippen molar-refractivity contribution in [3.8, 4) is 0 Å². The smallest absolute Gasteiger partial charge is 0.129 e. The molecule has 18 heavy (non-hydrogen) atoms. The summed E-state index contributed by atoms with van der Waals surface area (Å²) in [4.78, 5) is 0. The van der Waals surface area contributed by atoms with E-state index >= 15 is 0 Å². The Labute approximate surface area is 116 Å². The first-order chi connectivity index (χ1) is 8.58. The lowest BCUT2D eigenvalue weighted by Gasteiger charge is -2.28. The number of benzene rings is 1. The van der Waals surface area contributed by atoms with Gasteiger partial charge < -0.3 is 5.73 Å². The minimum Gasteiger partial charge on any atom is -0.324 e. The standard InChI is InChI=1S/C14H16Cl2FN/c15-10-3-4-11(17)12(13(10)16)14(18)8-2-1-7-5-9(7)6-8/h3-4,7-9,14H,1-2,5-6,18H2/t7?,8-,9?,14?/m0/s1. The highest BCUT2D eigenvalue weighted by Crippen LogP contribution is 2.54. The second kappa shape index (κ2) is 4.66. The van der Waals surface area contributed by atoms with Crippen molar-refractivity contribution in [1.82, 2.24) is 0 Å². The Kier molecular flexibility index (Phi) is 3.29.